The van der Waals surface area contributed by atoms with Gasteiger partial charge in [-0.3, -0.25) is 0 Å². The van der Waals surface area contributed by atoms with Crippen LogP contribution < -0.4 is 10.0 Å². The molecule has 0 fully saturated rings. The molecule has 0 saturated carbocycles. The minimum atomic E-state index is -3.55. The average Bonchev–Trinajstić information content (AvgIpc) is 2.98. The Kier molecular flexibility index (Phi) is 5.43. The fourth-order valence-electron chi connectivity index (χ4n) is 1.85. The van der Waals surface area contributed by atoms with E-state index in [1.54, 1.807) is 18.2 Å². The van der Waals surface area contributed by atoms with Gasteiger partial charge in [0.15, 0.2) is 5.82 Å². The maximum atomic E-state index is 12.3. The van der Waals surface area contributed by atoms with Crippen molar-refractivity contribution in [3.05, 3.63) is 42.0 Å². The number of nitrogens with one attached hydrogen (secondary N) is 2. The molecule has 0 radical (unpaired) electrons. The molecule has 0 atom stereocenters. The molecule has 0 aliphatic heterocycles. The molecule has 1 aromatic carbocycles. The van der Waals surface area contributed by atoms with Crippen molar-refractivity contribution in [2.45, 2.75) is 24.8 Å². The van der Waals surface area contributed by atoms with Crippen LogP contribution in [-0.2, 0) is 23.0 Å². The zero-order valence-electron chi connectivity index (χ0n) is 11.7. The van der Waals surface area contributed by atoms with Crippen LogP contribution in [0.15, 0.2) is 40.1 Å². The molecule has 0 amide bonds. The van der Waals surface area contributed by atoms with Crippen molar-refractivity contribution in [3.8, 4) is 0 Å². The lowest BCUT2D eigenvalue weighted by Gasteiger charge is -2.11. The Morgan fingerprint density at radius 1 is 1.29 bits per heavy atom. The molecular weight excluding hydrogens is 292 g/mol. The van der Waals surface area contributed by atoms with Gasteiger partial charge in [0.25, 0.3) is 0 Å². The summed E-state index contributed by atoms with van der Waals surface area (Å²) >= 11 is 0. The third-order valence-corrected chi connectivity index (χ3v) is 4.44. The van der Waals surface area contributed by atoms with Crippen LogP contribution in [0.1, 0.15) is 18.3 Å². The summed E-state index contributed by atoms with van der Waals surface area (Å²) in [5.74, 6) is 0.471. The second kappa shape index (κ2) is 7.30. The van der Waals surface area contributed by atoms with Gasteiger partial charge in [0.05, 0.1) is 4.90 Å². The number of hydrogen-bond acceptors (Lipinski definition) is 6. The van der Waals surface area contributed by atoms with Crippen LogP contribution in [0.3, 0.4) is 0 Å². The minimum Gasteiger partial charge on any atom is -0.343 e. The van der Waals surface area contributed by atoms with Crippen LogP contribution >= 0.6 is 0 Å². The van der Waals surface area contributed by atoms with E-state index in [4.69, 9.17) is 0 Å². The van der Waals surface area contributed by atoms with Gasteiger partial charge in [-0.15, -0.1) is 0 Å². The van der Waals surface area contributed by atoms with Crippen LogP contribution in [-0.4, -0.2) is 31.6 Å². The van der Waals surface area contributed by atoms with Crippen LogP contribution in [0.4, 0.5) is 0 Å². The first-order valence-electron chi connectivity index (χ1n) is 6.67. The molecule has 0 spiro atoms. The minimum absolute atomic E-state index is 0.220. The highest BCUT2D eigenvalue weighted by Gasteiger charge is 2.17. The van der Waals surface area contributed by atoms with Gasteiger partial charge in [0.2, 0.25) is 16.4 Å². The highest BCUT2D eigenvalue weighted by atomic mass is 32.2. The molecule has 114 valence electrons. The molecular formula is C13H18N4O3S. The molecule has 7 nitrogen and oxygen atoms in total. The summed E-state index contributed by atoms with van der Waals surface area (Å²) in [5.41, 5.74) is 0.742. The highest BCUT2D eigenvalue weighted by Crippen LogP contribution is 2.15. The molecule has 2 N–H and O–H groups in total. The summed E-state index contributed by atoms with van der Waals surface area (Å²) in [5, 5.41) is 6.77. The van der Waals surface area contributed by atoms with E-state index in [0.29, 0.717) is 23.7 Å². The summed E-state index contributed by atoms with van der Waals surface area (Å²) in [6.45, 7) is 3.48. The van der Waals surface area contributed by atoms with E-state index in [1.807, 2.05) is 13.0 Å². The van der Waals surface area contributed by atoms with Crippen molar-refractivity contribution in [3.63, 3.8) is 0 Å². The second-order valence-corrected chi connectivity index (χ2v) is 6.12. The van der Waals surface area contributed by atoms with E-state index < -0.39 is 10.0 Å². The molecule has 0 aliphatic rings. The smallest absolute Gasteiger partial charge is 0.240 e. The number of hydrogen-bond donors (Lipinski definition) is 2. The van der Waals surface area contributed by atoms with E-state index in [1.165, 1.54) is 6.39 Å². The SMILES string of the molecule is CCNCc1ccccc1S(=O)(=O)NCCc1ncon1. The molecule has 0 aliphatic carbocycles. The maximum absolute atomic E-state index is 12.3. The third kappa shape index (κ3) is 4.35. The molecule has 0 bridgehead atoms. The first kappa shape index (κ1) is 15.6. The maximum Gasteiger partial charge on any atom is 0.240 e. The average molecular weight is 310 g/mol. The van der Waals surface area contributed by atoms with Gasteiger partial charge in [0.1, 0.15) is 0 Å². The Hall–Kier alpha value is -1.77. The van der Waals surface area contributed by atoms with E-state index in [9.17, 15) is 8.42 Å². The number of rotatable bonds is 8. The molecule has 1 heterocycles. The highest BCUT2D eigenvalue weighted by molar-refractivity contribution is 7.89. The Balaban J connectivity index is 2.04. The molecule has 0 saturated heterocycles. The van der Waals surface area contributed by atoms with E-state index >= 15 is 0 Å². The van der Waals surface area contributed by atoms with Crippen LogP contribution in [0.25, 0.3) is 0 Å². The Bertz CT molecular complexity index is 656. The lowest BCUT2D eigenvalue weighted by atomic mass is 10.2. The molecule has 2 rings (SSSR count). The molecule has 21 heavy (non-hydrogen) atoms. The Morgan fingerprint density at radius 3 is 2.81 bits per heavy atom. The number of sulfonamides is 1. The van der Waals surface area contributed by atoms with E-state index in [-0.39, 0.29) is 6.54 Å². The molecule has 2 aromatic rings. The fourth-order valence-corrected chi connectivity index (χ4v) is 3.12. The van der Waals surface area contributed by atoms with Crippen LogP contribution in [0, 0.1) is 0 Å². The normalized spacial score (nSPS) is 11.7. The lowest BCUT2D eigenvalue weighted by Crippen LogP contribution is -2.28. The van der Waals surface area contributed by atoms with Gasteiger partial charge in [0, 0.05) is 19.5 Å². The van der Waals surface area contributed by atoms with Gasteiger partial charge in [-0.25, -0.2) is 13.1 Å². The van der Waals surface area contributed by atoms with Gasteiger partial charge < -0.3 is 9.84 Å². The third-order valence-electron chi connectivity index (χ3n) is 2.88. The number of nitrogens with zero attached hydrogens (tertiary/aromatic N) is 2. The van der Waals surface area contributed by atoms with Gasteiger partial charge in [-0.05, 0) is 18.2 Å². The zero-order valence-corrected chi connectivity index (χ0v) is 12.6. The molecule has 1 aromatic heterocycles. The lowest BCUT2D eigenvalue weighted by molar-refractivity contribution is 0.410. The quantitative estimate of drug-likeness (QED) is 0.745. The zero-order chi connectivity index (χ0) is 15.1. The van der Waals surface area contributed by atoms with Crippen molar-refractivity contribution in [2.24, 2.45) is 0 Å². The van der Waals surface area contributed by atoms with Crippen molar-refractivity contribution < 1.29 is 12.9 Å². The fraction of sp³-hybridized carbons (Fsp3) is 0.385. The summed E-state index contributed by atoms with van der Waals surface area (Å²) in [6, 6.07) is 6.94. The first-order chi connectivity index (χ1) is 10.1. The number of aromatic nitrogens is 2. The topological polar surface area (TPSA) is 97.1 Å². The monoisotopic (exact) mass is 310 g/mol. The van der Waals surface area contributed by atoms with Crippen molar-refractivity contribution in [1.29, 1.82) is 0 Å². The second-order valence-electron chi connectivity index (χ2n) is 4.38. The van der Waals surface area contributed by atoms with Gasteiger partial charge in [-0.1, -0.05) is 30.3 Å². The van der Waals surface area contributed by atoms with Crippen molar-refractivity contribution in [1.82, 2.24) is 20.2 Å². The largest absolute Gasteiger partial charge is 0.343 e. The Labute approximate surface area is 123 Å². The van der Waals surface area contributed by atoms with Crippen molar-refractivity contribution >= 4 is 10.0 Å². The first-order valence-corrected chi connectivity index (χ1v) is 8.15. The Morgan fingerprint density at radius 2 is 2.10 bits per heavy atom. The van der Waals surface area contributed by atoms with Crippen LogP contribution in [0.5, 0.6) is 0 Å². The summed E-state index contributed by atoms with van der Waals surface area (Å²) in [7, 11) is -3.55. The van der Waals surface area contributed by atoms with Gasteiger partial charge >= 0.3 is 0 Å². The summed E-state index contributed by atoms with van der Waals surface area (Å²) < 4.78 is 31.8. The standard InChI is InChI=1S/C13H18N4O3S/c1-2-14-9-11-5-3-4-6-12(11)21(18,19)16-8-7-13-15-10-20-17-13/h3-6,10,14,16H,2,7-9H2,1H3. The molecule has 8 heteroatoms. The van der Waals surface area contributed by atoms with E-state index in [0.717, 1.165) is 12.1 Å². The number of benzene rings is 1. The van der Waals surface area contributed by atoms with Crippen molar-refractivity contribution in [2.75, 3.05) is 13.1 Å². The predicted molar refractivity (Wildman–Crippen MR) is 77.0 cm³/mol. The molecule has 0 unspecified atom stereocenters. The summed E-state index contributed by atoms with van der Waals surface area (Å²) in [4.78, 5) is 4.13. The predicted octanol–water partition coefficient (Wildman–Crippen LogP) is 0.700. The summed E-state index contributed by atoms with van der Waals surface area (Å²) in [6.07, 6.45) is 1.60. The van der Waals surface area contributed by atoms with E-state index in [2.05, 4.69) is 24.7 Å². The van der Waals surface area contributed by atoms with Crippen LogP contribution in [0.2, 0.25) is 0 Å². The van der Waals surface area contributed by atoms with Gasteiger partial charge in [-0.2, -0.15) is 4.98 Å².